The first-order chi connectivity index (χ1) is 6.47. The molecule has 0 rings (SSSR count). The van der Waals surface area contributed by atoms with Gasteiger partial charge >= 0.3 is 0 Å². The van der Waals surface area contributed by atoms with E-state index in [2.05, 4.69) is 27.9 Å². The number of amides is 1. The largest absolute Gasteiger partial charge is 0.289 e. The van der Waals surface area contributed by atoms with Crippen molar-refractivity contribution in [1.29, 1.82) is 0 Å². The predicted molar refractivity (Wildman–Crippen MR) is 63.1 cm³/mol. The molecule has 4 heteroatoms. The Labute approximate surface area is 94.6 Å². The number of nitrogens with zero attached hydrogens (tertiary/aromatic N) is 1. The Kier molecular flexibility index (Phi) is 6.83. The van der Waals surface area contributed by atoms with Crippen molar-refractivity contribution < 1.29 is 4.79 Å². The Morgan fingerprint density at radius 2 is 2.21 bits per heavy atom. The third kappa shape index (κ3) is 6.16. The smallest absolute Gasteiger partial charge is 0.237 e. The minimum absolute atomic E-state index is 0.0155. The van der Waals surface area contributed by atoms with Crippen LogP contribution in [0.4, 0.5) is 0 Å². The molecule has 1 amide bonds. The molecule has 0 aromatic rings. The molecular weight excluding hydrogens is 244 g/mol. The highest BCUT2D eigenvalue weighted by Gasteiger charge is 2.16. The van der Waals surface area contributed by atoms with Crippen LogP contribution < -0.4 is 5.43 Å². The number of hydrogen-bond donors (Lipinski definition) is 1. The van der Waals surface area contributed by atoms with Crippen LogP contribution >= 0.6 is 15.9 Å². The van der Waals surface area contributed by atoms with Gasteiger partial charge in [-0.2, -0.15) is 0 Å². The molecular formula is C10H19BrN2O. The molecule has 0 heterocycles. The number of rotatable bonds is 6. The van der Waals surface area contributed by atoms with Crippen molar-refractivity contribution in [2.75, 3.05) is 14.1 Å². The summed E-state index contributed by atoms with van der Waals surface area (Å²) in [6.07, 6.45) is 3.57. The monoisotopic (exact) mass is 262 g/mol. The van der Waals surface area contributed by atoms with Gasteiger partial charge in [0.05, 0.1) is 0 Å². The molecule has 1 N–H and O–H groups in total. The zero-order valence-corrected chi connectivity index (χ0v) is 10.7. The van der Waals surface area contributed by atoms with Gasteiger partial charge in [-0.25, -0.2) is 5.01 Å². The molecule has 0 saturated carbocycles. The molecule has 0 aliphatic rings. The van der Waals surface area contributed by atoms with Gasteiger partial charge in [-0.3, -0.25) is 10.2 Å². The van der Waals surface area contributed by atoms with E-state index < -0.39 is 0 Å². The van der Waals surface area contributed by atoms with E-state index in [9.17, 15) is 4.79 Å². The first kappa shape index (κ1) is 13.7. The van der Waals surface area contributed by atoms with Gasteiger partial charge in [0.25, 0.3) is 0 Å². The molecule has 0 aliphatic heterocycles. The van der Waals surface area contributed by atoms with E-state index in [-0.39, 0.29) is 11.8 Å². The summed E-state index contributed by atoms with van der Waals surface area (Å²) < 4.78 is 0. The predicted octanol–water partition coefficient (Wildman–Crippen LogP) is 1.94. The van der Waals surface area contributed by atoms with Gasteiger partial charge in [-0.05, 0) is 12.8 Å². The van der Waals surface area contributed by atoms with Crippen molar-refractivity contribution in [1.82, 2.24) is 10.4 Å². The summed E-state index contributed by atoms with van der Waals surface area (Å²) in [7, 11) is 3.61. The van der Waals surface area contributed by atoms with E-state index in [0.29, 0.717) is 4.83 Å². The zero-order valence-electron chi connectivity index (χ0n) is 9.09. The van der Waals surface area contributed by atoms with E-state index in [1.165, 1.54) is 0 Å². The van der Waals surface area contributed by atoms with Crippen LogP contribution in [0.3, 0.4) is 0 Å². The second-order valence-electron chi connectivity index (χ2n) is 3.63. The lowest BCUT2D eigenvalue weighted by molar-refractivity contribution is -0.128. The number of hydrogen-bond acceptors (Lipinski definition) is 2. The first-order valence-electron chi connectivity index (χ1n) is 4.70. The van der Waals surface area contributed by atoms with Crippen molar-refractivity contribution in [3.05, 3.63) is 12.7 Å². The third-order valence-electron chi connectivity index (χ3n) is 1.81. The first-order valence-corrected chi connectivity index (χ1v) is 5.61. The molecule has 0 fully saturated rings. The maximum atomic E-state index is 11.5. The molecule has 0 saturated heterocycles. The molecule has 2 atom stereocenters. The van der Waals surface area contributed by atoms with Gasteiger partial charge in [0, 0.05) is 24.8 Å². The molecule has 0 spiro atoms. The fourth-order valence-electron chi connectivity index (χ4n) is 1.10. The average Bonchev–Trinajstić information content (AvgIpc) is 2.02. The van der Waals surface area contributed by atoms with E-state index in [4.69, 9.17) is 0 Å². The minimum atomic E-state index is 0.0155. The topological polar surface area (TPSA) is 32.3 Å². The molecule has 0 aromatic heterocycles. The number of halogens is 1. The Balaban J connectivity index is 3.88. The van der Waals surface area contributed by atoms with Crippen LogP contribution in [0.25, 0.3) is 0 Å². The van der Waals surface area contributed by atoms with Crippen molar-refractivity contribution in [3.63, 3.8) is 0 Å². The Bertz CT molecular complexity index is 195. The quantitative estimate of drug-likeness (QED) is 0.451. The molecule has 0 aromatic carbocycles. The lowest BCUT2D eigenvalue weighted by Crippen LogP contribution is -2.39. The number of nitrogens with one attached hydrogen (secondary N) is 1. The molecule has 82 valence electrons. The van der Waals surface area contributed by atoms with Gasteiger partial charge < -0.3 is 0 Å². The summed E-state index contributed by atoms with van der Waals surface area (Å²) in [4.78, 5) is 11.8. The second kappa shape index (κ2) is 7.01. The average molecular weight is 263 g/mol. The lowest BCUT2D eigenvalue weighted by Gasteiger charge is -2.18. The third-order valence-corrected chi connectivity index (χ3v) is 2.56. The van der Waals surface area contributed by atoms with Crippen LogP contribution in [0.5, 0.6) is 0 Å². The molecule has 3 nitrogen and oxygen atoms in total. The van der Waals surface area contributed by atoms with Crippen LogP contribution in [0, 0.1) is 5.92 Å². The number of carbonyl (C=O) groups is 1. The van der Waals surface area contributed by atoms with E-state index in [1.54, 1.807) is 19.1 Å². The van der Waals surface area contributed by atoms with Crippen LogP contribution in [-0.2, 0) is 4.79 Å². The van der Waals surface area contributed by atoms with Gasteiger partial charge in [-0.15, -0.1) is 6.58 Å². The van der Waals surface area contributed by atoms with E-state index >= 15 is 0 Å². The van der Waals surface area contributed by atoms with Crippen molar-refractivity contribution in [2.24, 2.45) is 5.92 Å². The Hall–Kier alpha value is -0.350. The minimum Gasteiger partial charge on any atom is -0.289 e. The second-order valence-corrected chi connectivity index (χ2v) is 4.92. The SMILES string of the molecule is C=CCC(Br)C[C@H](C)C(=O)NN(C)C. The Morgan fingerprint density at radius 1 is 1.64 bits per heavy atom. The normalized spacial score (nSPS) is 14.9. The van der Waals surface area contributed by atoms with E-state index in [1.807, 2.05) is 13.0 Å². The highest BCUT2D eigenvalue weighted by molar-refractivity contribution is 9.09. The van der Waals surface area contributed by atoms with Crippen molar-refractivity contribution in [2.45, 2.75) is 24.6 Å². The van der Waals surface area contributed by atoms with Crippen LogP contribution in [-0.4, -0.2) is 29.8 Å². The summed E-state index contributed by atoms with van der Waals surface area (Å²) in [6, 6.07) is 0. The van der Waals surface area contributed by atoms with Crippen LogP contribution in [0.1, 0.15) is 19.8 Å². The molecule has 1 unspecified atom stereocenters. The summed E-state index contributed by atoms with van der Waals surface area (Å²) >= 11 is 3.51. The summed E-state index contributed by atoms with van der Waals surface area (Å²) in [5.74, 6) is 0.0743. The lowest BCUT2D eigenvalue weighted by atomic mass is 10.0. The number of allylic oxidation sites excluding steroid dienone is 1. The van der Waals surface area contributed by atoms with Crippen molar-refractivity contribution in [3.8, 4) is 0 Å². The zero-order chi connectivity index (χ0) is 11.1. The van der Waals surface area contributed by atoms with Crippen molar-refractivity contribution >= 4 is 21.8 Å². The highest BCUT2D eigenvalue weighted by atomic mass is 79.9. The van der Waals surface area contributed by atoms with E-state index in [0.717, 1.165) is 12.8 Å². The molecule has 14 heavy (non-hydrogen) atoms. The molecule has 0 aliphatic carbocycles. The number of alkyl halides is 1. The van der Waals surface area contributed by atoms with Gasteiger partial charge in [0.1, 0.15) is 0 Å². The maximum absolute atomic E-state index is 11.5. The molecule has 0 bridgehead atoms. The number of hydrazine groups is 1. The van der Waals surface area contributed by atoms with Gasteiger partial charge in [0.2, 0.25) is 5.91 Å². The highest BCUT2D eigenvalue weighted by Crippen LogP contribution is 2.16. The summed E-state index contributed by atoms with van der Waals surface area (Å²) in [5, 5.41) is 1.66. The fraction of sp³-hybridized carbons (Fsp3) is 0.700. The van der Waals surface area contributed by atoms with Crippen LogP contribution in [0.15, 0.2) is 12.7 Å². The maximum Gasteiger partial charge on any atom is 0.237 e. The summed E-state index contributed by atoms with van der Waals surface area (Å²) in [6.45, 7) is 5.59. The number of carbonyl (C=O) groups excluding carboxylic acids is 1. The van der Waals surface area contributed by atoms with Gasteiger partial charge in [-0.1, -0.05) is 28.9 Å². The summed E-state index contributed by atoms with van der Waals surface area (Å²) in [5.41, 5.74) is 2.74. The molecule has 0 radical (unpaired) electrons. The Morgan fingerprint density at radius 3 is 2.64 bits per heavy atom. The van der Waals surface area contributed by atoms with Crippen LogP contribution in [0.2, 0.25) is 0 Å². The fourth-order valence-corrected chi connectivity index (χ4v) is 1.92. The van der Waals surface area contributed by atoms with Gasteiger partial charge in [0.15, 0.2) is 0 Å². The standard InChI is InChI=1S/C10H19BrN2O/c1-5-6-9(11)7-8(2)10(14)12-13(3)4/h5,8-9H,1,6-7H2,2-4H3,(H,12,14)/t8-,9?/m0/s1.